The van der Waals surface area contributed by atoms with Crippen molar-refractivity contribution in [2.24, 2.45) is 5.84 Å². The average Bonchev–Trinajstić information content (AvgIpc) is 2.53. The number of aromatic nitrogens is 2. The van der Waals surface area contributed by atoms with E-state index in [1.807, 2.05) is 0 Å². The summed E-state index contributed by atoms with van der Waals surface area (Å²) in [6.45, 7) is -0.122. The van der Waals surface area contributed by atoms with Crippen molar-refractivity contribution in [3.05, 3.63) is 12.4 Å². The first-order chi connectivity index (χ1) is 10.1. The fourth-order valence-corrected chi connectivity index (χ4v) is 4.19. The number of nitrogen functional groups attached to an aromatic ring is 1. The van der Waals surface area contributed by atoms with Crippen molar-refractivity contribution in [3.8, 4) is 0 Å². The van der Waals surface area contributed by atoms with Crippen LogP contribution >= 0.6 is 0 Å². The number of hydrogen-bond donors (Lipinski definition) is 3. The van der Waals surface area contributed by atoms with E-state index in [1.165, 1.54) is 16.7 Å². The van der Waals surface area contributed by atoms with Gasteiger partial charge >= 0.3 is 0 Å². The SMILES string of the molecule is NNc1ncc(S(=O)(=O)N(CCO)C2CCCCC2)cn1. The summed E-state index contributed by atoms with van der Waals surface area (Å²) >= 11 is 0. The van der Waals surface area contributed by atoms with Gasteiger partial charge in [0.25, 0.3) is 0 Å². The van der Waals surface area contributed by atoms with Crippen LogP contribution in [0.1, 0.15) is 32.1 Å². The number of nitrogens with two attached hydrogens (primary N) is 1. The topological polar surface area (TPSA) is 121 Å². The molecule has 9 heteroatoms. The summed E-state index contributed by atoms with van der Waals surface area (Å²) in [6, 6.07) is -0.0665. The standard InChI is InChI=1S/C12H21N5O3S/c13-16-12-14-8-11(9-15-12)21(19,20)17(6-7-18)10-4-2-1-3-5-10/h8-10,18H,1-7,13H2,(H,14,15,16). The van der Waals surface area contributed by atoms with Crippen molar-refractivity contribution < 1.29 is 13.5 Å². The highest BCUT2D eigenvalue weighted by Gasteiger charge is 2.32. The summed E-state index contributed by atoms with van der Waals surface area (Å²) in [5, 5.41) is 9.20. The Balaban J connectivity index is 2.27. The van der Waals surface area contributed by atoms with E-state index in [0.29, 0.717) is 0 Å². The molecule has 1 aromatic rings. The molecule has 1 aromatic heterocycles. The van der Waals surface area contributed by atoms with Crippen molar-refractivity contribution in [3.63, 3.8) is 0 Å². The largest absolute Gasteiger partial charge is 0.395 e. The molecule has 0 unspecified atom stereocenters. The van der Waals surface area contributed by atoms with Gasteiger partial charge in [-0.15, -0.1) is 0 Å². The Labute approximate surface area is 124 Å². The van der Waals surface area contributed by atoms with Gasteiger partial charge in [-0.3, -0.25) is 5.43 Å². The van der Waals surface area contributed by atoms with Gasteiger partial charge in [0.1, 0.15) is 4.90 Å². The molecule has 0 atom stereocenters. The quantitative estimate of drug-likeness (QED) is 0.502. The number of nitrogens with one attached hydrogen (secondary N) is 1. The Morgan fingerprint density at radius 1 is 1.29 bits per heavy atom. The van der Waals surface area contributed by atoms with E-state index in [4.69, 9.17) is 5.84 Å². The minimum Gasteiger partial charge on any atom is -0.395 e. The number of nitrogens with zero attached hydrogens (tertiary/aromatic N) is 3. The first-order valence-corrected chi connectivity index (χ1v) is 8.45. The van der Waals surface area contributed by atoms with Crippen LogP contribution in [0.3, 0.4) is 0 Å². The molecule has 21 heavy (non-hydrogen) atoms. The molecule has 4 N–H and O–H groups in total. The summed E-state index contributed by atoms with van der Waals surface area (Å²) in [4.78, 5) is 7.69. The lowest BCUT2D eigenvalue weighted by atomic mass is 9.95. The third-order valence-electron chi connectivity index (χ3n) is 3.67. The van der Waals surface area contributed by atoms with Crippen molar-refractivity contribution in [1.29, 1.82) is 0 Å². The van der Waals surface area contributed by atoms with E-state index in [2.05, 4.69) is 15.4 Å². The molecule has 0 amide bonds. The maximum absolute atomic E-state index is 12.7. The number of rotatable bonds is 6. The molecule has 0 aliphatic heterocycles. The molecule has 1 aliphatic carbocycles. The minimum atomic E-state index is -3.71. The number of sulfonamides is 1. The van der Waals surface area contributed by atoms with Crippen molar-refractivity contribution in [2.75, 3.05) is 18.6 Å². The Kier molecular flexibility index (Phi) is 5.45. The van der Waals surface area contributed by atoms with E-state index in [-0.39, 0.29) is 30.0 Å². The molecule has 1 saturated carbocycles. The van der Waals surface area contributed by atoms with Crippen LogP contribution < -0.4 is 11.3 Å². The number of hydrazine groups is 1. The highest BCUT2D eigenvalue weighted by molar-refractivity contribution is 7.89. The van der Waals surface area contributed by atoms with Gasteiger partial charge in [0.15, 0.2) is 0 Å². The summed E-state index contributed by atoms with van der Waals surface area (Å²) < 4.78 is 26.8. The zero-order valence-corrected chi connectivity index (χ0v) is 12.6. The normalized spacial score (nSPS) is 17.1. The van der Waals surface area contributed by atoms with E-state index in [9.17, 15) is 13.5 Å². The van der Waals surface area contributed by atoms with Crippen molar-refractivity contribution in [2.45, 2.75) is 43.0 Å². The van der Waals surface area contributed by atoms with Gasteiger partial charge in [-0.05, 0) is 12.8 Å². The van der Waals surface area contributed by atoms with Crippen LogP contribution in [0.25, 0.3) is 0 Å². The molecule has 8 nitrogen and oxygen atoms in total. The highest BCUT2D eigenvalue weighted by atomic mass is 32.2. The van der Waals surface area contributed by atoms with Gasteiger partial charge in [0, 0.05) is 12.6 Å². The molecule has 2 rings (SSSR count). The molecular formula is C12H21N5O3S. The Bertz CT molecular complexity index is 543. The van der Waals surface area contributed by atoms with Crippen molar-refractivity contribution >= 4 is 16.0 Å². The Hall–Kier alpha value is -1.29. The van der Waals surface area contributed by atoms with E-state index >= 15 is 0 Å². The average molecular weight is 315 g/mol. The van der Waals surface area contributed by atoms with Gasteiger partial charge in [0.05, 0.1) is 19.0 Å². The highest BCUT2D eigenvalue weighted by Crippen LogP contribution is 2.27. The zero-order valence-electron chi connectivity index (χ0n) is 11.8. The monoisotopic (exact) mass is 315 g/mol. The Morgan fingerprint density at radius 2 is 1.90 bits per heavy atom. The van der Waals surface area contributed by atoms with Crippen molar-refractivity contribution in [1.82, 2.24) is 14.3 Å². The lowest BCUT2D eigenvalue weighted by molar-refractivity contribution is 0.199. The summed E-state index contributed by atoms with van der Waals surface area (Å²) in [6.07, 6.45) is 7.24. The second-order valence-corrected chi connectivity index (χ2v) is 6.91. The molecule has 1 aliphatic rings. The van der Waals surface area contributed by atoms with Gasteiger partial charge < -0.3 is 5.11 Å². The summed E-state index contributed by atoms with van der Waals surface area (Å²) in [5.74, 6) is 5.32. The third kappa shape index (κ3) is 3.67. The lowest BCUT2D eigenvalue weighted by Crippen LogP contribution is -2.43. The zero-order chi connectivity index (χ0) is 15.3. The molecule has 1 heterocycles. The number of hydrogen-bond acceptors (Lipinski definition) is 7. The fourth-order valence-electron chi connectivity index (χ4n) is 2.63. The van der Waals surface area contributed by atoms with Crippen LogP contribution in [-0.2, 0) is 10.0 Å². The summed E-state index contributed by atoms with van der Waals surface area (Å²) in [7, 11) is -3.71. The third-order valence-corrected chi connectivity index (χ3v) is 5.57. The minimum absolute atomic E-state index is 0.0144. The molecule has 0 saturated heterocycles. The van der Waals surface area contributed by atoms with Gasteiger partial charge in [-0.1, -0.05) is 19.3 Å². The van der Waals surface area contributed by atoms with Crippen LogP contribution in [0.4, 0.5) is 5.95 Å². The second-order valence-electron chi connectivity index (χ2n) is 5.02. The maximum atomic E-state index is 12.7. The van der Waals surface area contributed by atoms with Crippen LogP contribution in [0.5, 0.6) is 0 Å². The lowest BCUT2D eigenvalue weighted by Gasteiger charge is -2.32. The molecule has 0 spiro atoms. The van der Waals surface area contributed by atoms with Crippen LogP contribution in [0.15, 0.2) is 17.3 Å². The predicted molar refractivity (Wildman–Crippen MR) is 77.7 cm³/mol. The van der Waals surface area contributed by atoms with Gasteiger partial charge in [0.2, 0.25) is 16.0 Å². The smallest absolute Gasteiger partial charge is 0.246 e. The second kappa shape index (κ2) is 7.12. The van der Waals surface area contributed by atoms with Gasteiger partial charge in [-0.25, -0.2) is 24.2 Å². The summed E-state index contributed by atoms with van der Waals surface area (Å²) in [5.41, 5.74) is 2.25. The molecule has 0 radical (unpaired) electrons. The first-order valence-electron chi connectivity index (χ1n) is 7.01. The van der Waals surface area contributed by atoms with E-state index < -0.39 is 10.0 Å². The molecule has 118 valence electrons. The van der Waals surface area contributed by atoms with Crippen LogP contribution in [0.2, 0.25) is 0 Å². The number of aliphatic hydroxyl groups excluding tert-OH is 1. The van der Waals surface area contributed by atoms with E-state index in [1.54, 1.807) is 0 Å². The van der Waals surface area contributed by atoms with Crippen LogP contribution in [0, 0.1) is 0 Å². The van der Waals surface area contributed by atoms with E-state index in [0.717, 1.165) is 32.1 Å². The number of aliphatic hydroxyl groups is 1. The molecule has 0 aromatic carbocycles. The molecule has 1 fully saturated rings. The van der Waals surface area contributed by atoms with Crippen LogP contribution in [-0.4, -0.2) is 47.0 Å². The fraction of sp³-hybridized carbons (Fsp3) is 0.667. The Morgan fingerprint density at radius 3 is 2.43 bits per heavy atom. The predicted octanol–water partition coefficient (Wildman–Crippen LogP) is 0.0779. The number of anilines is 1. The van der Waals surface area contributed by atoms with Gasteiger partial charge in [-0.2, -0.15) is 4.31 Å². The molecule has 0 bridgehead atoms. The maximum Gasteiger partial charge on any atom is 0.246 e. The molecular weight excluding hydrogens is 294 g/mol. The first kappa shape index (κ1) is 16.1.